The number of methoxy groups -OCH3 is 1. The van der Waals surface area contributed by atoms with Gasteiger partial charge in [0.25, 0.3) is 0 Å². The SMILES string of the molecule is COCC(C)NC(=O)CN(C/C=C/c1ccccc1)c1ccc2c(c1)OCCO2. The van der Waals surface area contributed by atoms with Crippen LogP contribution in [0.15, 0.2) is 54.6 Å². The maximum absolute atomic E-state index is 12.5. The molecule has 0 saturated carbocycles. The number of hydrogen-bond donors (Lipinski definition) is 1. The van der Waals surface area contributed by atoms with Crippen molar-refractivity contribution in [2.24, 2.45) is 0 Å². The number of carbonyl (C=O) groups excluding carboxylic acids is 1. The summed E-state index contributed by atoms with van der Waals surface area (Å²) in [6.45, 7) is 4.29. The fourth-order valence-electron chi connectivity index (χ4n) is 3.16. The predicted molar refractivity (Wildman–Crippen MR) is 115 cm³/mol. The quantitative estimate of drug-likeness (QED) is 0.706. The van der Waals surface area contributed by atoms with E-state index in [1.165, 1.54) is 0 Å². The Bertz CT molecular complexity index is 823. The first-order chi connectivity index (χ1) is 14.2. The van der Waals surface area contributed by atoms with E-state index in [0.29, 0.717) is 32.1 Å². The molecule has 29 heavy (non-hydrogen) atoms. The second kappa shape index (κ2) is 10.5. The number of nitrogens with zero attached hydrogens (tertiary/aromatic N) is 1. The van der Waals surface area contributed by atoms with E-state index in [4.69, 9.17) is 14.2 Å². The predicted octanol–water partition coefficient (Wildman–Crippen LogP) is 3.13. The van der Waals surface area contributed by atoms with Gasteiger partial charge in [0.2, 0.25) is 5.91 Å². The monoisotopic (exact) mass is 396 g/mol. The largest absolute Gasteiger partial charge is 0.486 e. The van der Waals surface area contributed by atoms with Crippen LogP contribution >= 0.6 is 0 Å². The number of ether oxygens (including phenoxy) is 3. The molecule has 1 aliphatic rings. The maximum atomic E-state index is 12.5. The van der Waals surface area contributed by atoms with Crippen LogP contribution in [0.5, 0.6) is 11.5 Å². The van der Waals surface area contributed by atoms with Crippen LogP contribution in [0.3, 0.4) is 0 Å². The first-order valence-corrected chi connectivity index (χ1v) is 9.80. The normalized spacial score (nSPS) is 13.9. The second-order valence-electron chi connectivity index (χ2n) is 6.95. The average molecular weight is 396 g/mol. The molecule has 2 aromatic carbocycles. The summed E-state index contributed by atoms with van der Waals surface area (Å²) in [4.78, 5) is 14.6. The zero-order valence-corrected chi connectivity index (χ0v) is 17.0. The molecule has 154 valence electrons. The van der Waals surface area contributed by atoms with E-state index >= 15 is 0 Å². The van der Waals surface area contributed by atoms with Crippen molar-refractivity contribution in [3.05, 3.63) is 60.2 Å². The van der Waals surface area contributed by atoms with Crippen LogP contribution in [0.4, 0.5) is 5.69 Å². The van der Waals surface area contributed by atoms with Gasteiger partial charge in [-0.25, -0.2) is 0 Å². The number of fused-ring (bicyclic) bond motifs is 1. The van der Waals surface area contributed by atoms with E-state index in [1.807, 2.05) is 60.4 Å². The lowest BCUT2D eigenvalue weighted by Crippen LogP contribution is -2.42. The molecular weight excluding hydrogens is 368 g/mol. The van der Waals surface area contributed by atoms with Gasteiger partial charge in [-0.3, -0.25) is 4.79 Å². The molecule has 3 rings (SSSR count). The van der Waals surface area contributed by atoms with Gasteiger partial charge < -0.3 is 24.4 Å². The average Bonchev–Trinajstić information content (AvgIpc) is 2.73. The molecule has 0 spiro atoms. The Balaban J connectivity index is 1.73. The lowest BCUT2D eigenvalue weighted by molar-refractivity contribution is -0.120. The van der Waals surface area contributed by atoms with Gasteiger partial charge in [-0.2, -0.15) is 0 Å². The van der Waals surface area contributed by atoms with E-state index < -0.39 is 0 Å². The summed E-state index contributed by atoms with van der Waals surface area (Å²) in [5.41, 5.74) is 2.02. The lowest BCUT2D eigenvalue weighted by atomic mass is 10.2. The first-order valence-electron chi connectivity index (χ1n) is 9.80. The number of benzene rings is 2. The number of amides is 1. The molecule has 0 aliphatic carbocycles. The molecule has 6 nitrogen and oxygen atoms in total. The molecule has 0 saturated heterocycles. The molecular formula is C23H28N2O4. The molecule has 1 aliphatic heterocycles. The third-order valence-corrected chi connectivity index (χ3v) is 4.49. The summed E-state index contributed by atoms with van der Waals surface area (Å²) in [7, 11) is 1.62. The maximum Gasteiger partial charge on any atom is 0.239 e. The molecule has 0 bridgehead atoms. The van der Waals surface area contributed by atoms with Crippen molar-refractivity contribution in [1.82, 2.24) is 5.32 Å². The van der Waals surface area contributed by atoms with Crippen LogP contribution < -0.4 is 19.7 Å². The Labute approximate surface area is 172 Å². The Morgan fingerprint density at radius 3 is 2.69 bits per heavy atom. The first kappa shape index (κ1) is 20.7. The topological polar surface area (TPSA) is 60.0 Å². The van der Waals surface area contributed by atoms with Crippen LogP contribution in [0.25, 0.3) is 6.08 Å². The van der Waals surface area contributed by atoms with Gasteiger partial charge in [0, 0.05) is 31.5 Å². The number of carbonyl (C=O) groups is 1. The fourth-order valence-corrected chi connectivity index (χ4v) is 3.16. The second-order valence-corrected chi connectivity index (χ2v) is 6.95. The van der Waals surface area contributed by atoms with E-state index in [9.17, 15) is 4.79 Å². The highest BCUT2D eigenvalue weighted by molar-refractivity contribution is 5.82. The zero-order chi connectivity index (χ0) is 20.5. The number of rotatable bonds is 9. The van der Waals surface area contributed by atoms with Crippen molar-refractivity contribution in [1.29, 1.82) is 0 Å². The van der Waals surface area contributed by atoms with Crippen molar-refractivity contribution in [2.75, 3.05) is 44.9 Å². The Kier molecular flexibility index (Phi) is 7.53. The van der Waals surface area contributed by atoms with Crippen molar-refractivity contribution in [3.63, 3.8) is 0 Å². The highest BCUT2D eigenvalue weighted by Gasteiger charge is 2.17. The molecule has 1 N–H and O–H groups in total. The van der Waals surface area contributed by atoms with E-state index in [-0.39, 0.29) is 18.5 Å². The minimum absolute atomic E-state index is 0.0468. The van der Waals surface area contributed by atoms with E-state index in [2.05, 4.69) is 17.5 Å². The van der Waals surface area contributed by atoms with E-state index in [1.54, 1.807) is 7.11 Å². The third kappa shape index (κ3) is 6.26. The van der Waals surface area contributed by atoms with Crippen LogP contribution in [-0.4, -0.2) is 52.0 Å². The van der Waals surface area contributed by atoms with Crippen molar-refractivity contribution >= 4 is 17.7 Å². The molecule has 1 amide bonds. The number of anilines is 1. The minimum atomic E-state index is -0.0578. The highest BCUT2D eigenvalue weighted by atomic mass is 16.6. The Hall–Kier alpha value is -2.99. The van der Waals surface area contributed by atoms with Gasteiger partial charge >= 0.3 is 0 Å². The third-order valence-electron chi connectivity index (χ3n) is 4.49. The van der Waals surface area contributed by atoms with Gasteiger partial charge in [-0.15, -0.1) is 0 Å². The van der Waals surface area contributed by atoms with Crippen molar-refractivity contribution < 1.29 is 19.0 Å². The lowest BCUT2D eigenvalue weighted by Gasteiger charge is -2.26. The molecule has 6 heteroatoms. The minimum Gasteiger partial charge on any atom is -0.486 e. The van der Waals surface area contributed by atoms with Gasteiger partial charge in [-0.05, 0) is 24.6 Å². The summed E-state index contributed by atoms with van der Waals surface area (Å²) in [6, 6.07) is 15.8. The highest BCUT2D eigenvalue weighted by Crippen LogP contribution is 2.34. The zero-order valence-electron chi connectivity index (χ0n) is 17.0. The number of hydrogen-bond acceptors (Lipinski definition) is 5. The summed E-state index contributed by atoms with van der Waals surface area (Å²) in [6.07, 6.45) is 4.11. The molecule has 0 radical (unpaired) electrons. The smallest absolute Gasteiger partial charge is 0.239 e. The van der Waals surface area contributed by atoms with Crippen molar-refractivity contribution in [3.8, 4) is 11.5 Å². The van der Waals surface area contributed by atoms with Crippen LogP contribution in [0.2, 0.25) is 0 Å². The molecule has 1 unspecified atom stereocenters. The van der Waals surface area contributed by atoms with Crippen LogP contribution in [0.1, 0.15) is 12.5 Å². The van der Waals surface area contributed by atoms with Crippen molar-refractivity contribution in [2.45, 2.75) is 13.0 Å². The van der Waals surface area contributed by atoms with Gasteiger partial charge in [0.1, 0.15) is 13.2 Å². The molecule has 1 heterocycles. The number of nitrogens with one attached hydrogen (secondary N) is 1. The van der Waals surface area contributed by atoms with Crippen LogP contribution in [-0.2, 0) is 9.53 Å². The molecule has 2 aromatic rings. The van der Waals surface area contributed by atoms with Gasteiger partial charge in [0.15, 0.2) is 11.5 Å². The standard InChI is InChI=1S/C23H28N2O4/c1-18(17-27-2)24-23(26)16-25(12-6-9-19-7-4-3-5-8-19)20-10-11-21-22(15-20)29-14-13-28-21/h3-11,15,18H,12-14,16-17H2,1-2H3,(H,24,26)/b9-6+. The van der Waals surface area contributed by atoms with Gasteiger partial charge in [-0.1, -0.05) is 42.5 Å². The summed E-state index contributed by atoms with van der Waals surface area (Å²) >= 11 is 0. The summed E-state index contributed by atoms with van der Waals surface area (Å²) < 4.78 is 16.4. The molecule has 0 fully saturated rings. The summed E-state index contributed by atoms with van der Waals surface area (Å²) in [5.74, 6) is 1.38. The molecule has 0 aromatic heterocycles. The Morgan fingerprint density at radius 2 is 1.93 bits per heavy atom. The van der Waals surface area contributed by atoms with Gasteiger partial charge in [0.05, 0.1) is 13.2 Å². The van der Waals surface area contributed by atoms with Crippen LogP contribution in [0, 0.1) is 0 Å². The fraction of sp³-hybridized carbons (Fsp3) is 0.348. The Morgan fingerprint density at radius 1 is 1.17 bits per heavy atom. The van der Waals surface area contributed by atoms with E-state index in [0.717, 1.165) is 17.0 Å². The summed E-state index contributed by atoms with van der Waals surface area (Å²) in [5, 5.41) is 2.97. The molecule has 1 atom stereocenters.